The van der Waals surface area contributed by atoms with E-state index in [9.17, 15) is 4.79 Å². The summed E-state index contributed by atoms with van der Waals surface area (Å²) in [6.07, 6.45) is 7.12. The van der Waals surface area contributed by atoms with Crippen molar-refractivity contribution in [3.63, 3.8) is 0 Å². The van der Waals surface area contributed by atoms with Gasteiger partial charge in [-0.1, -0.05) is 23.4 Å². The Morgan fingerprint density at radius 3 is 2.89 bits per heavy atom. The SMILES string of the molecule is C/C=C/c1ccc(OCC(=O)OCc2nc(-c3cccnc3)no2)c(OC)c1. The van der Waals surface area contributed by atoms with Gasteiger partial charge in [0, 0.05) is 18.0 Å². The molecule has 0 radical (unpaired) electrons. The molecular formula is C20H19N3O5. The number of esters is 1. The second kappa shape index (κ2) is 9.31. The molecule has 3 rings (SSSR count). The van der Waals surface area contributed by atoms with Crippen molar-refractivity contribution in [1.29, 1.82) is 0 Å². The van der Waals surface area contributed by atoms with Gasteiger partial charge in [0.1, 0.15) is 0 Å². The molecule has 0 N–H and O–H groups in total. The molecular weight excluding hydrogens is 362 g/mol. The Morgan fingerprint density at radius 1 is 1.25 bits per heavy atom. The molecule has 0 saturated heterocycles. The van der Waals surface area contributed by atoms with Crippen LogP contribution < -0.4 is 9.47 Å². The van der Waals surface area contributed by atoms with Crippen LogP contribution >= 0.6 is 0 Å². The second-order valence-corrected chi connectivity index (χ2v) is 5.61. The van der Waals surface area contributed by atoms with Gasteiger partial charge in [0.25, 0.3) is 5.89 Å². The van der Waals surface area contributed by atoms with Crippen LogP contribution in [0.3, 0.4) is 0 Å². The summed E-state index contributed by atoms with van der Waals surface area (Å²) in [7, 11) is 1.54. The highest BCUT2D eigenvalue weighted by molar-refractivity contribution is 5.71. The molecule has 8 heteroatoms. The number of benzene rings is 1. The maximum absolute atomic E-state index is 11.9. The minimum atomic E-state index is -0.569. The lowest BCUT2D eigenvalue weighted by Crippen LogP contribution is -2.15. The van der Waals surface area contributed by atoms with Crippen molar-refractivity contribution in [1.82, 2.24) is 15.1 Å². The minimum absolute atomic E-state index is 0.146. The van der Waals surface area contributed by atoms with E-state index < -0.39 is 5.97 Å². The van der Waals surface area contributed by atoms with Gasteiger partial charge in [0.15, 0.2) is 24.7 Å². The molecule has 144 valence electrons. The van der Waals surface area contributed by atoms with Gasteiger partial charge in [-0.05, 0) is 36.8 Å². The number of nitrogens with zero attached hydrogens (tertiary/aromatic N) is 3. The zero-order valence-electron chi connectivity index (χ0n) is 15.5. The molecule has 0 amide bonds. The summed E-state index contributed by atoms with van der Waals surface area (Å²) in [5.74, 6) is 0.966. The molecule has 0 aliphatic carbocycles. The summed E-state index contributed by atoms with van der Waals surface area (Å²) in [6.45, 7) is 1.51. The molecule has 3 aromatic rings. The summed E-state index contributed by atoms with van der Waals surface area (Å²) >= 11 is 0. The first-order chi connectivity index (χ1) is 13.7. The monoisotopic (exact) mass is 381 g/mol. The van der Waals surface area contributed by atoms with Crippen molar-refractivity contribution in [2.24, 2.45) is 0 Å². The van der Waals surface area contributed by atoms with Gasteiger partial charge < -0.3 is 18.7 Å². The molecule has 0 unspecified atom stereocenters. The molecule has 2 aromatic heterocycles. The number of aromatic nitrogens is 3. The van der Waals surface area contributed by atoms with Crippen LogP contribution in [-0.2, 0) is 16.1 Å². The van der Waals surface area contributed by atoms with Crippen molar-refractivity contribution in [3.05, 3.63) is 60.3 Å². The minimum Gasteiger partial charge on any atom is -0.493 e. The highest BCUT2D eigenvalue weighted by Gasteiger charge is 2.13. The molecule has 0 saturated carbocycles. The predicted molar refractivity (Wildman–Crippen MR) is 101 cm³/mol. The molecule has 0 bridgehead atoms. The number of hydrogen-bond acceptors (Lipinski definition) is 8. The third kappa shape index (κ3) is 4.94. The summed E-state index contributed by atoms with van der Waals surface area (Å²) in [5, 5.41) is 3.83. The largest absolute Gasteiger partial charge is 0.493 e. The Kier molecular flexibility index (Phi) is 6.35. The van der Waals surface area contributed by atoms with E-state index in [1.807, 2.05) is 31.2 Å². The quantitative estimate of drug-likeness (QED) is 0.548. The van der Waals surface area contributed by atoms with Crippen LogP contribution in [0.2, 0.25) is 0 Å². The molecule has 8 nitrogen and oxygen atoms in total. The number of carbonyl (C=O) groups excluding carboxylic acids is 1. The molecule has 2 heterocycles. The highest BCUT2D eigenvalue weighted by Crippen LogP contribution is 2.28. The fourth-order valence-corrected chi connectivity index (χ4v) is 2.35. The predicted octanol–water partition coefficient (Wildman–Crippen LogP) is 3.30. The molecule has 0 aliphatic heterocycles. The third-order valence-corrected chi connectivity index (χ3v) is 3.64. The Hall–Kier alpha value is -3.68. The molecule has 0 atom stereocenters. The zero-order chi connectivity index (χ0) is 19.8. The van der Waals surface area contributed by atoms with E-state index in [2.05, 4.69) is 15.1 Å². The number of ether oxygens (including phenoxy) is 3. The number of carbonyl (C=O) groups is 1. The summed E-state index contributed by atoms with van der Waals surface area (Å²) in [5.41, 5.74) is 1.68. The Labute approximate surface area is 161 Å². The fourth-order valence-electron chi connectivity index (χ4n) is 2.35. The molecule has 1 aromatic carbocycles. The van der Waals surface area contributed by atoms with Crippen LogP contribution in [-0.4, -0.2) is 34.8 Å². The van der Waals surface area contributed by atoms with E-state index in [1.165, 1.54) is 7.11 Å². The summed E-state index contributed by atoms with van der Waals surface area (Å²) in [6, 6.07) is 8.98. The summed E-state index contributed by atoms with van der Waals surface area (Å²) < 4.78 is 21.0. The van der Waals surface area contributed by atoms with Gasteiger partial charge in [-0.15, -0.1) is 0 Å². The zero-order valence-corrected chi connectivity index (χ0v) is 15.5. The van der Waals surface area contributed by atoms with Crippen LogP contribution in [0.4, 0.5) is 0 Å². The number of rotatable bonds is 8. The van der Waals surface area contributed by atoms with E-state index in [-0.39, 0.29) is 19.1 Å². The first-order valence-corrected chi connectivity index (χ1v) is 8.51. The lowest BCUT2D eigenvalue weighted by Gasteiger charge is -2.10. The molecule has 0 spiro atoms. The lowest BCUT2D eigenvalue weighted by atomic mass is 10.2. The van der Waals surface area contributed by atoms with E-state index in [0.717, 1.165) is 5.56 Å². The summed E-state index contributed by atoms with van der Waals surface area (Å²) in [4.78, 5) is 20.1. The highest BCUT2D eigenvalue weighted by atomic mass is 16.6. The van der Waals surface area contributed by atoms with Gasteiger partial charge in [-0.3, -0.25) is 4.98 Å². The molecule has 28 heavy (non-hydrogen) atoms. The average molecular weight is 381 g/mol. The Balaban J connectivity index is 1.52. The maximum Gasteiger partial charge on any atom is 0.344 e. The Bertz CT molecular complexity index is 953. The van der Waals surface area contributed by atoms with Gasteiger partial charge in [-0.25, -0.2) is 4.79 Å². The van der Waals surface area contributed by atoms with Gasteiger partial charge in [0.05, 0.1) is 7.11 Å². The van der Waals surface area contributed by atoms with Crippen molar-refractivity contribution < 1.29 is 23.5 Å². The number of allylic oxidation sites excluding steroid dienone is 1. The number of methoxy groups -OCH3 is 1. The molecule has 0 aliphatic rings. The van der Waals surface area contributed by atoms with E-state index in [0.29, 0.717) is 22.9 Å². The van der Waals surface area contributed by atoms with Crippen LogP contribution in [0.15, 0.2) is 53.3 Å². The van der Waals surface area contributed by atoms with Crippen LogP contribution in [0.25, 0.3) is 17.5 Å². The topological polar surface area (TPSA) is 96.6 Å². The first kappa shape index (κ1) is 19.1. The van der Waals surface area contributed by atoms with Crippen LogP contribution in [0, 0.1) is 0 Å². The standard InChI is InChI=1S/C20H19N3O5/c1-3-5-14-7-8-16(17(10-14)25-2)26-13-19(24)27-12-18-22-20(23-28-18)15-6-4-9-21-11-15/h3-11H,12-13H2,1-2H3/b5-3+. The maximum atomic E-state index is 11.9. The molecule has 0 fully saturated rings. The van der Waals surface area contributed by atoms with E-state index in [4.69, 9.17) is 18.7 Å². The van der Waals surface area contributed by atoms with Crippen LogP contribution in [0.5, 0.6) is 11.5 Å². The first-order valence-electron chi connectivity index (χ1n) is 8.51. The van der Waals surface area contributed by atoms with Crippen LogP contribution in [0.1, 0.15) is 18.4 Å². The van der Waals surface area contributed by atoms with Crippen molar-refractivity contribution in [3.8, 4) is 22.9 Å². The van der Waals surface area contributed by atoms with Gasteiger partial charge in [-0.2, -0.15) is 4.98 Å². The second-order valence-electron chi connectivity index (χ2n) is 5.61. The smallest absolute Gasteiger partial charge is 0.344 e. The average Bonchev–Trinajstić information content (AvgIpc) is 3.21. The van der Waals surface area contributed by atoms with Crippen molar-refractivity contribution >= 4 is 12.0 Å². The van der Waals surface area contributed by atoms with Crippen molar-refractivity contribution in [2.45, 2.75) is 13.5 Å². The van der Waals surface area contributed by atoms with Gasteiger partial charge in [0.2, 0.25) is 5.82 Å². The van der Waals surface area contributed by atoms with E-state index >= 15 is 0 Å². The van der Waals surface area contributed by atoms with E-state index in [1.54, 1.807) is 30.6 Å². The number of pyridine rings is 1. The normalized spacial score (nSPS) is 10.8. The number of hydrogen-bond donors (Lipinski definition) is 0. The fraction of sp³-hybridized carbons (Fsp3) is 0.200. The van der Waals surface area contributed by atoms with Gasteiger partial charge >= 0.3 is 5.97 Å². The third-order valence-electron chi connectivity index (χ3n) is 3.64. The lowest BCUT2D eigenvalue weighted by molar-refractivity contribution is -0.148. The van der Waals surface area contributed by atoms with Crippen molar-refractivity contribution in [2.75, 3.05) is 13.7 Å². The Morgan fingerprint density at radius 2 is 2.14 bits per heavy atom.